The first-order valence-corrected chi connectivity index (χ1v) is 6.52. The SMILES string of the molecule is Cc1cc(C2C[C@@H](N)c3ccc(F)cc3O2)ccc1F. The van der Waals surface area contributed by atoms with Crippen LogP contribution in [0.25, 0.3) is 0 Å². The van der Waals surface area contributed by atoms with Gasteiger partial charge in [0.15, 0.2) is 0 Å². The molecular weight excluding hydrogens is 260 g/mol. The van der Waals surface area contributed by atoms with Crippen molar-refractivity contribution in [2.45, 2.75) is 25.5 Å². The van der Waals surface area contributed by atoms with Crippen LogP contribution in [0.4, 0.5) is 8.78 Å². The van der Waals surface area contributed by atoms with E-state index in [4.69, 9.17) is 10.5 Å². The van der Waals surface area contributed by atoms with Crippen molar-refractivity contribution in [1.29, 1.82) is 0 Å². The van der Waals surface area contributed by atoms with Gasteiger partial charge in [0.05, 0.1) is 0 Å². The Morgan fingerprint density at radius 3 is 2.70 bits per heavy atom. The third-order valence-electron chi connectivity index (χ3n) is 3.67. The number of hydrogen-bond donors (Lipinski definition) is 1. The molecule has 0 aromatic heterocycles. The van der Waals surface area contributed by atoms with E-state index in [0.29, 0.717) is 17.7 Å². The molecule has 0 fully saturated rings. The van der Waals surface area contributed by atoms with E-state index in [1.54, 1.807) is 25.1 Å². The lowest BCUT2D eigenvalue weighted by atomic mass is 9.93. The summed E-state index contributed by atoms with van der Waals surface area (Å²) in [5.41, 5.74) is 8.34. The number of nitrogens with two attached hydrogens (primary N) is 1. The smallest absolute Gasteiger partial charge is 0.127 e. The summed E-state index contributed by atoms with van der Waals surface area (Å²) in [6, 6.07) is 9.01. The maximum atomic E-state index is 13.3. The number of benzene rings is 2. The Kier molecular flexibility index (Phi) is 3.18. The predicted molar refractivity (Wildman–Crippen MR) is 72.5 cm³/mol. The molecule has 1 aliphatic heterocycles. The van der Waals surface area contributed by atoms with Crippen molar-refractivity contribution in [2.75, 3.05) is 0 Å². The zero-order chi connectivity index (χ0) is 14.3. The quantitative estimate of drug-likeness (QED) is 0.859. The Labute approximate surface area is 116 Å². The highest BCUT2D eigenvalue weighted by Gasteiger charge is 2.27. The molecule has 0 saturated carbocycles. The molecule has 1 heterocycles. The second kappa shape index (κ2) is 4.87. The standard InChI is InChI=1S/C16H15F2NO/c1-9-6-10(2-5-13(9)18)15-8-14(19)12-4-3-11(17)7-16(12)20-15/h2-7,14-15H,8,19H2,1H3/t14-,15?/m1/s1. The molecule has 3 rings (SSSR count). The number of ether oxygens (including phenoxy) is 1. The molecule has 0 radical (unpaired) electrons. The van der Waals surface area contributed by atoms with Crippen LogP contribution in [0.2, 0.25) is 0 Å². The van der Waals surface area contributed by atoms with Crippen LogP contribution in [-0.4, -0.2) is 0 Å². The molecule has 104 valence electrons. The summed E-state index contributed by atoms with van der Waals surface area (Å²) in [6.07, 6.45) is 0.308. The molecule has 0 bridgehead atoms. The first kappa shape index (κ1) is 13.1. The lowest BCUT2D eigenvalue weighted by Gasteiger charge is -2.30. The van der Waals surface area contributed by atoms with E-state index < -0.39 is 0 Å². The van der Waals surface area contributed by atoms with E-state index in [0.717, 1.165) is 11.1 Å². The molecule has 0 amide bonds. The topological polar surface area (TPSA) is 35.2 Å². The first-order valence-electron chi connectivity index (χ1n) is 6.52. The second-order valence-electron chi connectivity index (χ2n) is 5.14. The fraction of sp³-hybridized carbons (Fsp3) is 0.250. The molecule has 1 aliphatic rings. The van der Waals surface area contributed by atoms with Crippen LogP contribution in [0.1, 0.15) is 35.3 Å². The van der Waals surface area contributed by atoms with Crippen LogP contribution in [0.5, 0.6) is 5.75 Å². The van der Waals surface area contributed by atoms with Crippen LogP contribution in [-0.2, 0) is 0 Å². The third kappa shape index (κ3) is 2.27. The zero-order valence-electron chi connectivity index (χ0n) is 11.1. The summed E-state index contributed by atoms with van der Waals surface area (Å²) in [6.45, 7) is 1.70. The molecule has 2 atom stereocenters. The van der Waals surface area contributed by atoms with Crippen LogP contribution >= 0.6 is 0 Å². The van der Waals surface area contributed by atoms with Gasteiger partial charge in [-0.05, 0) is 36.2 Å². The minimum absolute atomic E-state index is 0.213. The summed E-state index contributed by atoms with van der Waals surface area (Å²) in [4.78, 5) is 0. The van der Waals surface area contributed by atoms with Crippen LogP contribution < -0.4 is 10.5 Å². The van der Waals surface area contributed by atoms with Gasteiger partial charge in [-0.3, -0.25) is 0 Å². The van der Waals surface area contributed by atoms with Gasteiger partial charge in [0, 0.05) is 24.1 Å². The minimum Gasteiger partial charge on any atom is -0.485 e. The molecular formula is C16H15F2NO. The normalized spacial score (nSPS) is 21.2. The van der Waals surface area contributed by atoms with Crippen molar-refractivity contribution in [1.82, 2.24) is 0 Å². The van der Waals surface area contributed by atoms with Gasteiger partial charge >= 0.3 is 0 Å². The van der Waals surface area contributed by atoms with Crippen molar-refractivity contribution < 1.29 is 13.5 Å². The highest BCUT2D eigenvalue weighted by atomic mass is 19.1. The first-order chi connectivity index (χ1) is 9.54. The Morgan fingerprint density at radius 1 is 1.15 bits per heavy atom. The average molecular weight is 275 g/mol. The van der Waals surface area contributed by atoms with E-state index in [-0.39, 0.29) is 23.8 Å². The Morgan fingerprint density at radius 2 is 1.95 bits per heavy atom. The van der Waals surface area contributed by atoms with Crippen molar-refractivity contribution in [3.05, 3.63) is 64.7 Å². The van der Waals surface area contributed by atoms with Gasteiger partial charge in [-0.15, -0.1) is 0 Å². The number of fused-ring (bicyclic) bond motifs is 1. The van der Waals surface area contributed by atoms with Crippen molar-refractivity contribution >= 4 is 0 Å². The van der Waals surface area contributed by atoms with E-state index in [1.807, 2.05) is 0 Å². The molecule has 1 unspecified atom stereocenters. The van der Waals surface area contributed by atoms with Crippen molar-refractivity contribution in [3.8, 4) is 5.75 Å². The van der Waals surface area contributed by atoms with Gasteiger partial charge in [0.2, 0.25) is 0 Å². The summed E-state index contributed by atoms with van der Waals surface area (Å²) in [7, 11) is 0. The van der Waals surface area contributed by atoms with Crippen LogP contribution in [0.15, 0.2) is 36.4 Å². The van der Waals surface area contributed by atoms with E-state index in [1.165, 1.54) is 18.2 Å². The van der Waals surface area contributed by atoms with E-state index in [2.05, 4.69) is 0 Å². The number of hydrogen-bond acceptors (Lipinski definition) is 2. The molecule has 2 nitrogen and oxygen atoms in total. The van der Waals surface area contributed by atoms with E-state index in [9.17, 15) is 8.78 Å². The summed E-state index contributed by atoms with van der Waals surface area (Å²) < 4.78 is 32.4. The fourth-order valence-corrected chi connectivity index (χ4v) is 2.55. The van der Waals surface area contributed by atoms with Gasteiger partial charge in [0.1, 0.15) is 23.5 Å². The number of halogens is 2. The minimum atomic E-state index is -0.355. The number of rotatable bonds is 1. The number of aryl methyl sites for hydroxylation is 1. The third-order valence-corrected chi connectivity index (χ3v) is 3.67. The van der Waals surface area contributed by atoms with Gasteiger partial charge in [-0.2, -0.15) is 0 Å². The summed E-state index contributed by atoms with van der Waals surface area (Å²) in [5, 5.41) is 0. The molecule has 2 aromatic rings. The molecule has 2 aromatic carbocycles. The monoisotopic (exact) mass is 275 g/mol. The molecule has 0 spiro atoms. The fourth-order valence-electron chi connectivity index (χ4n) is 2.55. The van der Waals surface area contributed by atoms with Crippen molar-refractivity contribution in [3.63, 3.8) is 0 Å². The molecule has 4 heteroatoms. The molecule has 20 heavy (non-hydrogen) atoms. The van der Waals surface area contributed by atoms with Gasteiger partial charge in [-0.25, -0.2) is 8.78 Å². The lowest BCUT2D eigenvalue weighted by molar-refractivity contribution is 0.160. The van der Waals surface area contributed by atoms with E-state index >= 15 is 0 Å². The predicted octanol–water partition coefficient (Wildman–Crippen LogP) is 3.80. The summed E-state index contributed by atoms with van der Waals surface area (Å²) >= 11 is 0. The maximum absolute atomic E-state index is 13.3. The van der Waals surface area contributed by atoms with Gasteiger partial charge in [0.25, 0.3) is 0 Å². The van der Waals surface area contributed by atoms with Gasteiger partial charge < -0.3 is 10.5 Å². The Balaban J connectivity index is 1.96. The lowest BCUT2D eigenvalue weighted by Crippen LogP contribution is -2.24. The maximum Gasteiger partial charge on any atom is 0.127 e. The largest absolute Gasteiger partial charge is 0.485 e. The summed E-state index contributed by atoms with van der Waals surface area (Å²) in [5.74, 6) is -0.136. The molecule has 0 aliphatic carbocycles. The molecule has 0 saturated heterocycles. The Bertz CT molecular complexity index is 657. The highest BCUT2D eigenvalue weighted by molar-refractivity contribution is 5.40. The Hall–Kier alpha value is -1.94. The zero-order valence-corrected chi connectivity index (χ0v) is 11.1. The average Bonchev–Trinajstić information content (AvgIpc) is 2.41. The second-order valence-corrected chi connectivity index (χ2v) is 5.14. The highest BCUT2D eigenvalue weighted by Crippen LogP contribution is 2.40. The van der Waals surface area contributed by atoms with Crippen molar-refractivity contribution in [2.24, 2.45) is 5.73 Å². The van der Waals surface area contributed by atoms with Crippen LogP contribution in [0.3, 0.4) is 0 Å². The van der Waals surface area contributed by atoms with Gasteiger partial charge in [-0.1, -0.05) is 12.1 Å². The molecule has 2 N–H and O–H groups in total. The van der Waals surface area contributed by atoms with Crippen LogP contribution in [0, 0.1) is 18.6 Å².